The lowest BCUT2D eigenvalue weighted by atomic mass is 9.82. The maximum atomic E-state index is 16.0. The Hall–Kier alpha value is -2.35. The van der Waals surface area contributed by atoms with Crippen molar-refractivity contribution in [1.29, 1.82) is 0 Å². The number of carbonyl (C=O) groups is 1. The number of carbonyl (C=O) groups excluding carboxylic acids is 1. The molecule has 0 aliphatic carbocycles. The summed E-state index contributed by atoms with van der Waals surface area (Å²) in [5.74, 6) is 0.0894. The van der Waals surface area contributed by atoms with Crippen molar-refractivity contribution in [3.05, 3.63) is 69.1 Å². The fraction of sp³-hybridized carbons (Fsp3) is 0.464. The molecule has 0 radical (unpaired) electrons. The van der Waals surface area contributed by atoms with E-state index in [-0.39, 0.29) is 18.4 Å². The van der Waals surface area contributed by atoms with Crippen molar-refractivity contribution in [2.45, 2.75) is 63.2 Å². The number of ether oxygens (including phenoxy) is 2. The number of aliphatic hydroxyl groups is 1. The van der Waals surface area contributed by atoms with Crippen LogP contribution in [0, 0.1) is 9.49 Å². The monoisotopic (exact) mass is 664 g/mol. The van der Waals surface area contributed by atoms with Crippen LogP contribution in [0.15, 0.2) is 48.7 Å². The Morgan fingerprint density at radius 3 is 2.74 bits per heavy atom. The van der Waals surface area contributed by atoms with Gasteiger partial charge in [0.05, 0.1) is 31.1 Å². The molecule has 1 saturated heterocycles. The number of aromatic nitrogens is 3. The van der Waals surface area contributed by atoms with Crippen LogP contribution >= 0.6 is 22.6 Å². The van der Waals surface area contributed by atoms with Gasteiger partial charge in [-0.25, -0.2) is 0 Å². The van der Waals surface area contributed by atoms with Gasteiger partial charge >= 0.3 is 0 Å². The number of hydrogen-bond acceptors (Lipinski definition) is 6. The van der Waals surface area contributed by atoms with Gasteiger partial charge in [-0.1, -0.05) is 24.3 Å². The van der Waals surface area contributed by atoms with Crippen LogP contribution in [0.4, 0.5) is 9.80 Å². The Balaban J connectivity index is 1.52. The molecule has 11 heteroatoms. The lowest BCUT2D eigenvalue weighted by Crippen LogP contribution is -2.45. The Morgan fingerprint density at radius 2 is 2.05 bits per heavy atom. The average molecular weight is 665 g/mol. The van der Waals surface area contributed by atoms with Crippen molar-refractivity contribution in [2.24, 2.45) is 5.92 Å². The summed E-state index contributed by atoms with van der Waals surface area (Å²) < 4.78 is 31.2. The van der Waals surface area contributed by atoms with Gasteiger partial charge in [-0.15, -0.1) is 5.10 Å². The van der Waals surface area contributed by atoms with Crippen LogP contribution < -0.4 is 9.64 Å². The summed E-state index contributed by atoms with van der Waals surface area (Å²) in [6.07, 6.45) is 2.23. The minimum atomic E-state index is -3.27. The van der Waals surface area contributed by atoms with Crippen LogP contribution in [0.5, 0.6) is 5.75 Å². The summed E-state index contributed by atoms with van der Waals surface area (Å²) in [6.45, 7) is 6.23. The second-order valence-corrected chi connectivity index (χ2v) is 16.0. The number of methoxy groups -OCH3 is 1. The second kappa shape index (κ2) is 10.9. The molecule has 0 unspecified atom stereocenters. The van der Waals surface area contributed by atoms with Gasteiger partial charge in [0, 0.05) is 46.4 Å². The number of aliphatic hydroxyl groups excluding tert-OH is 1. The van der Waals surface area contributed by atoms with Gasteiger partial charge in [0.1, 0.15) is 5.75 Å². The lowest BCUT2D eigenvalue weighted by Gasteiger charge is -2.31. The molecule has 4 atom stereocenters. The van der Waals surface area contributed by atoms with Crippen LogP contribution in [0.2, 0.25) is 18.6 Å². The van der Waals surface area contributed by atoms with E-state index in [0.717, 1.165) is 20.4 Å². The SMILES string of the molecule is COc1ccc2c(c1)[C@@]1(O[C@H](CCn3cc(CCO)nn3)[C@@H]([Si](C)(C)F)[C@@H]1C)C(=O)N2Cc1cccc(I)c1. The minimum absolute atomic E-state index is 0.00219. The molecule has 1 aromatic heterocycles. The van der Waals surface area contributed by atoms with Gasteiger partial charge in [-0.05, 0) is 78.0 Å². The molecule has 2 aliphatic heterocycles. The Bertz CT molecular complexity index is 1370. The molecule has 2 aromatic carbocycles. The predicted octanol–water partition coefficient (Wildman–Crippen LogP) is 4.84. The molecule has 3 aromatic rings. The zero-order chi connectivity index (χ0) is 27.9. The first-order valence-electron chi connectivity index (χ1n) is 13.2. The number of amides is 1. The molecule has 39 heavy (non-hydrogen) atoms. The predicted molar refractivity (Wildman–Crippen MR) is 157 cm³/mol. The molecule has 208 valence electrons. The second-order valence-electron chi connectivity index (χ2n) is 10.9. The largest absolute Gasteiger partial charge is 0.497 e. The molecule has 0 saturated carbocycles. The third kappa shape index (κ3) is 5.14. The average Bonchev–Trinajstić information content (AvgIpc) is 3.53. The Labute approximate surface area is 242 Å². The third-order valence-corrected chi connectivity index (χ3v) is 11.1. The fourth-order valence-corrected chi connectivity index (χ4v) is 9.48. The highest BCUT2D eigenvalue weighted by Crippen LogP contribution is 2.60. The van der Waals surface area contributed by atoms with E-state index >= 15 is 4.11 Å². The van der Waals surface area contributed by atoms with E-state index in [9.17, 15) is 9.90 Å². The van der Waals surface area contributed by atoms with Gasteiger partial charge in [-0.2, -0.15) is 0 Å². The number of benzene rings is 2. The summed E-state index contributed by atoms with van der Waals surface area (Å²) in [4.78, 5) is 16.2. The van der Waals surface area contributed by atoms with Gasteiger partial charge in [0.15, 0.2) is 5.60 Å². The highest BCUT2D eigenvalue weighted by Gasteiger charge is 2.66. The van der Waals surface area contributed by atoms with Crippen LogP contribution in [0.25, 0.3) is 0 Å². The number of aryl methyl sites for hydroxylation is 1. The van der Waals surface area contributed by atoms with Gasteiger partial charge in [-0.3, -0.25) is 9.48 Å². The molecule has 1 N–H and O–H groups in total. The molecular formula is C28H34FIN4O4Si. The van der Waals surface area contributed by atoms with Crippen LogP contribution in [0.1, 0.15) is 30.2 Å². The lowest BCUT2D eigenvalue weighted by molar-refractivity contribution is -0.146. The zero-order valence-corrected chi connectivity index (χ0v) is 25.8. The zero-order valence-electron chi connectivity index (χ0n) is 22.6. The smallest absolute Gasteiger partial charge is 0.264 e. The topological polar surface area (TPSA) is 89.7 Å². The van der Waals surface area contributed by atoms with Crippen LogP contribution in [0.3, 0.4) is 0 Å². The molecular weight excluding hydrogens is 630 g/mol. The van der Waals surface area contributed by atoms with Crippen molar-refractivity contribution in [3.8, 4) is 5.75 Å². The van der Waals surface area contributed by atoms with Gasteiger partial charge in [0.2, 0.25) is 8.41 Å². The van der Waals surface area contributed by atoms with Crippen LogP contribution in [-0.4, -0.2) is 54.2 Å². The van der Waals surface area contributed by atoms with Crippen molar-refractivity contribution in [3.63, 3.8) is 0 Å². The van der Waals surface area contributed by atoms with Crippen molar-refractivity contribution < 1.29 is 23.5 Å². The molecule has 1 fully saturated rings. The van der Waals surface area contributed by atoms with E-state index in [1.807, 2.05) is 43.3 Å². The number of hydrogen-bond donors (Lipinski definition) is 1. The number of fused-ring (bicyclic) bond motifs is 2. The molecule has 5 rings (SSSR count). The van der Waals surface area contributed by atoms with E-state index in [4.69, 9.17) is 9.47 Å². The molecule has 3 heterocycles. The van der Waals surface area contributed by atoms with Crippen molar-refractivity contribution in [1.82, 2.24) is 15.0 Å². The van der Waals surface area contributed by atoms with E-state index in [1.54, 1.807) is 36.0 Å². The molecule has 0 bridgehead atoms. The summed E-state index contributed by atoms with van der Waals surface area (Å²) in [7, 11) is -1.67. The standard InChI is InChI=1S/C28H34FIN4O4Si/c1-18-26(39(3,4)29)25(10-12-33-17-21(11-13-35)31-32-33)38-28(18)23-15-22(37-2)8-9-24(23)34(27(28)36)16-19-6-5-7-20(30)14-19/h5-9,14-15,17-18,25-26,35H,10-13,16H2,1-4H3/t18-,25+,26-,28+/m0/s1. The fourth-order valence-electron chi connectivity index (χ4n) is 6.33. The van der Waals surface area contributed by atoms with Crippen molar-refractivity contribution >= 4 is 42.6 Å². The third-order valence-electron chi connectivity index (χ3n) is 7.99. The summed E-state index contributed by atoms with van der Waals surface area (Å²) in [5, 5.41) is 17.4. The van der Waals surface area contributed by atoms with Gasteiger partial charge in [0.25, 0.3) is 5.91 Å². The van der Waals surface area contributed by atoms with Gasteiger partial charge < -0.3 is 23.6 Å². The Kier molecular flexibility index (Phi) is 7.88. The number of rotatable bonds is 9. The summed E-state index contributed by atoms with van der Waals surface area (Å²) >= 11 is 2.27. The quantitative estimate of drug-likeness (QED) is 0.200. The van der Waals surface area contributed by atoms with Crippen molar-refractivity contribution in [2.75, 3.05) is 18.6 Å². The van der Waals surface area contributed by atoms with Crippen LogP contribution in [-0.2, 0) is 34.6 Å². The summed E-state index contributed by atoms with van der Waals surface area (Å²) in [6, 6.07) is 13.7. The normalized spacial score (nSPS) is 24.5. The van der Waals surface area contributed by atoms with E-state index < -0.39 is 25.7 Å². The first-order chi connectivity index (χ1) is 18.6. The molecule has 1 amide bonds. The first kappa shape index (κ1) is 28.2. The minimum Gasteiger partial charge on any atom is -0.497 e. The number of anilines is 1. The molecule has 8 nitrogen and oxygen atoms in total. The highest BCUT2D eigenvalue weighted by molar-refractivity contribution is 14.1. The number of nitrogens with zero attached hydrogens (tertiary/aromatic N) is 4. The Morgan fingerprint density at radius 1 is 1.26 bits per heavy atom. The van der Waals surface area contributed by atoms with E-state index in [2.05, 4.69) is 39.0 Å². The number of halogens is 2. The first-order valence-corrected chi connectivity index (χ1v) is 17.2. The molecule has 2 aliphatic rings. The summed E-state index contributed by atoms with van der Waals surface area (Å²) in [5.41, 5.74) is 1.51. The van der Waals surface area contributed by atoms with E-state index in [0.29, 0.717) is 37.4 Å². The maximum Gasteiger partial charge on any atom is 0.264 e. The maximum absolute atomic E-state index is 16.0. The highest BCUT2D eigenvalue weighted by atomic mass is 127. The molecule has 1 spiro atoms. The van der Waals surface area contributed by atoms with E-state index in [1.165, 1.54) is 0 Å².